The molecule has 25 heavy (non-hydrogen) atoms. The van der Waals surface area contributed by atoms with Gasteiger partial charge in [-0.15, -0.1) is 0 Å². The van der Waals surface area contributed by atoms with E-state index < -0.39 is 4.92 Å². The number of carbonyl (C=O) groups excluding carboxylic acids is 1. The molecule has 0 radical (unpaired) electrons. The van der Waals surface area contributed by atoms with E-state index >= 15 is 0 Å². The summed E-state index contributed by atoms with van der Waals surface area (Å²) >= 11 is 0. The highest BCUT2D eigenvalue weighted by Crippen LogP contribution is 2.25. The fraction of sp³-hybridized carbons (Fsp3) is 0.0625. The van der Waals surface area contributed by atoms with Crippen molar-refractivity contribution >= 4 is 17.3 Å². The Bertz CT molecular complexity index is 894. The Morgan fingerprint density at radius 3 is 2.72 bits per heavy atom. The lowest BCUT2D eigenvalue weighted by Crippen LogP contribution is -2.14. The molecular formula is C16H13N5O4. The van der Waals surface area contributed by atoms with Crippen molar-refractivity contribution in [3.8, 4) is 5.75 Å². The fourth-order valence-electron chi connectivity index (χ4n) is 2.05. The third-order valence-electron chi connectivity index (χ3n) is 3.23. The molecule has 126 valence electrons. The average Bonchev–Trinajstić information content (AvgIpc) is 3.10. The molecule has 2 aromatic heterocycles. The molecule has 0 aliphatic heterocycles. The van der Waals surface area contributed by atoms with Crippen molar-refractivity contribution in [1.82, 2.24) is 14.8 Å². The van der Waals surface area contributed by atoms with Gasteiger partial charge in [-0.05, 0) is 24.3 Å². The molecule has 0 aliphatic carbocycles. The van der Waals surface area contributed by atoms with Crippen LogP contribution in [0.1, 0.15) is 10.5 Å². The van der Waals surface area contributed by atoms with Gasteiger partial charge >= 0.3 is 5.69 Å². The lowest BCUT2D eigenvalue weighted by atomic mass is 10.3. The van der Waals surface area contributed by atoms with Crippen molar-refractivity contribution in [2.24, 2.45) is 0 Å². The van der Waals surface area contributed by atoms with E-state index in [-0.39, 0.29) is 29.8 Å². The van der Waals surface area contributed by atoms with Crippen LogP contribution < -0.4 is 10.1 Å². The number of nitro groups is 1. The van der Waals surface area contributed by atoms with Crippen LogP contribution in [-0.4, -0.2) is 25.6 Å². The third kappa shape index (κ3) is 3.96. The first-order valence-corrected chi connectivity index (χ1v) is 7.24. The second-order valence-electron chi connectivity index (χ2n) is 4.93. The normalized spacial score (nSPS) is 10.2. The summed E-state index contributed by atoms with van der Waals surface area (Å²) in [4.78, 5) is 26.4. The molecule has 0 bridgehead atoms. The number of pyridine rings is 1. The Hall–Kier alpha value is -3.75. The third-order valence-corrected chi connectivity index (χ3v) is 3.23. The monoisotopic (exact) mass is 339 g/mol. The van der Waals surface area contributed by atoms with Gasteiger partial charge in [0.25, 0.3) is 5.91 Å². The number of benzene rings is 1. The van der Waals surface area contributed by atoms with Crippen molar-refractivity contribution in [2.45, 2.75) is 6.73 Å². The number of nitro benzene ring substituents is 1. The lowest BCUT2D eigenvalue weighted by molar-refractivity contribution is -0.386. The zero-order chi connectivity index (χ0) is 17.6. The van der Waals surface area contributed by atoms with Gasteiger partial charge in [0.2, 0.25) is 0 Å². The van der Waals surface area contributed by atoms with Crippen LogP contribution in [0.5, 0.6) is 5.75 Å². The van der Waals surface area contributed by atoms with Gasteiger partial charge in [0.1, 0.15) is 0 Å². The van der Waals surface area contributed by atoms with Gasteiger partial charge in [-0.25, -0.2) is 4.68 Å². The molecule has 0 saturated heterocycles. The van der Waals surface area contributed by atoms with Gasteiger partial charge < -0.3 is 10.1 Å². The van der Waals surface area contributed by atoms with Gasteiger partial charge in [0, 0.05) is 30.3 Å². The Morgan fingerprint density at radius 1 is 1.20 bits per heavy atom. The number of aromatic nitrogens is 3. The average molecular weight is 339 g/mol. The summed E-state index contributed by atoms with van der Waals surface area (Å²) in [5.74, 6) is -0.249. The maximum atomic E-state index is 12.1. The van der Waals surface area contributed by atoms with E-state index in [9.17, 15) is 14.9 Å². The summed E-state index contributed by atoms with van der Waals surface area (Å²) in [6.45, 7) is -0.0621. The topological polar surface area (TPSA) is 112 Å². The first-order valence-electron chi connectivity index (χ1n) is 7.24. The number of para-hydroxylation sites is 2. The maximum absolute atomic E-state index is 12.1. The van der Waals surface area contributed by atoms with Gasteiger partial charge in [-0.3, -0.25) is 19.9 Å². The second-order valence-corrected chi connectivity index (χ2v) is 4.93. The molecule has 2 heterocycles. The second kappa shape index (κ2) is 7.21. The fourth-order valence-corrected chi connectivity index (χ4v) is 2.05. The van der Waals surface area contributed by atoms with E-state index in [2.05, 4.69) is 15.4 Å². The standard InChI is InChI=1S/C16H13N5O4/c22-16(18-12-5-8-17-9-6-12)13-7-10-20(19-13)11-25-15-4-2-1-3-14(15)21(23)24/h1-10H,11H2,(H,17,18,22). The predicted octanol–water partition coefficient (Wildman–Crippen LogP) is 2.48. The van der Waals surface area contributed by atoms with Crippen LogP contribution in [0.25, 0.3) is 0 Å². The summed E-state index contributed by atoms with van der Waals surface area (Å²) in [5.41, 5.74) is 0.666. The van der Waals surface area contributed by atoms with Crippen LogP contribution in [-0.2, 0) is 6.73 Å². The van der Waals surface area contributed by atoms with Gasteiger partial charge in [0.05, 0.1) is 4.92 Å². The summed E-state index contributed by atoms with van der Waals surface area (Å²) in [7, 11) is 0. The summed E-state index contributed by atoms with van der Waals surface area (Å²) < 4.78 is 6.79. The van der Waals surface area contributed by atoms with Crippen molar-refractivity contribution < 1.29 is 14.5 Å². The molecule has 0 spiro atoms. The highest BCUT2D eigenvalue weighted by atomic mass is 16.6. The molecule has 0 atom stereocenters. The minimum Gasteiger partial charge on any atom is -0.464 e. The smallest absolute Gasteiger partial charge is 0.311 e. The molecule has 1 N–H and O–H groups in total. The van der Waals surface area contributed by atoms with Crippen LogP contribution in [0.3, 0.4) is 0 Å². The first kappa shape index (κ1) is 16.1. The number of hydrogen-bond acceptors (Lipinski definition) is 6. The quantitative estimate of drug-likeness (QED) is 0.545. The van der Waals surface area contributed by atoms with Crippen LogP contribution in [0.2, 0.25) is 0 Å². The highest BCUT2D eigenvalue weighted by Gasteiger charge is 2.14. The van der Waals surface area contributed by atoms with E-state index in [0.717, 1.165) is 0 Å². The number of carbonyl (C=O) groups is 1. The summed E-state index contributed by atoms with van der Waals surface area (Å²) in [6, 6.07) is 10.9. The first-order chi connectivity index (χ1) is 12.1. The zero-order valence-electron chi connectivity index (χ0n) is 12.9. The molecule has 0 aliphatic rings. The Balaban J connectivity index is 1.64. The van der Waals surface area contributed by atoms with E-state index in [1.165, 1.54) is 22.9 Å². The van der Waals surface area contributed by atoms with E-state index in [1.807, 2.05) is 0 Å². The van der Waals surface area contributed by atoms with E-state index in [1.54, 1.807) is 42.9 Å². The minimum absolute atomic E-state index is 0.0621. The Kier molecular flexibility index (Phi) is 4.65. The molecule has 0 saturated carbocycles. The summed E-state index contributed by atoms with van der Waals surface area (Å²) in [5, 5.41) is 17.7. The van der Waals surface area contributed by atoms with Gasteiger partial charge in [-0.1, -0.05) is 12.1 Å². The van der Waals surface area contributed by atoms with Crippen molar-refractivity contribution in [3.63, 3.8) is 0 Å². The number of amides is 1. The SMILES string of the molecule is O=C(Nc1ccncc1)c1ccn(COc2ccccc2[N+](=O)[O-])n1. The van der Waals surface area contributed by atoms with E-state index in [0.29, 0.717) is 5.69 Å². The minimum atomic E-state index is -0.522. The number of rotatable bonds is 6. The van der Waals surface area contributed by atoms with Crippen molar-refractivity contribution in [3.05, 3.63) is 76.9 Å². The zero-order valence-corrected chi connectivity index (χ0v) is 12.9. The molecule has 0 fully saturated rings. The number of nitrogens with zero attached hydrogens (tertiary/aromatic N) is 4. The molecule has 9 nitrogen and oxygen atoms in total. The molecule has 0 unspecified atom stereocenters. The van der Waals surface area contributed by atoms with Crippen LogP contribution >= 0.6 is 0 Å². The molecule has 1 amide bonds. The molecule has 9 heteroatoms. The van der Waals surface area contributed by atoms with Crippen molar-refractivity contribution in [2.75, 3.05) is 5.32 Å². The molecular weight excluding hydrogens is 326 g/mol. The van der Waals surface area contributed by atoms with E-state index in [4.69, 9.17) is 4.74 Å². The highest BCUT2D eigenvalue weighted by molar-refractivity contribution is 6.02. The molecule has 1 aromatic carbocycles. The van der Waals surface area contributed by atoms with Crippen LogP contribution in [0, 0.1) is 10.1 Å². The Labute approximate surface area is 142 Å². The summed E-state index contributed by atoms with van der Waals surface area (Å²) in [6.07, 6.45) is 4.68. The number of nitrogens with one attached hydrogen (secondary N) is 1. The lowest BCUT2D eigenvalue weighted by Gasteiger charge is -2.06. The largest absolute Gasteiger partial charge is 0.464 e. The molecule has 3 aromatic rings. The maximum Gasteiger partial charge on any atom is 0.311 e. The van der Waals surface area contributed by atoms with Crippen molar-refractivity contribution in [1.29, 1.82) is 0 Å². The van der Waals surface area contributed by atoms with Crippen LogP contribution in [0.15, 0.2) is 61.1 Å². The Morgan fingerprint density at radius 2 is 1.96 bits per heavy atom. The number of hydrogen-bond donors (Lipinski definition) is 1. The van der Waals surface area contributed by atoms with Crippen LogP contribution in [0.4, 0.5) is 11.4 Å². The predicted molar refractivity (Wildman–Crippen MR) is 88.1 cm³/mol. The number of ether oxygens (including phenoxy) is 1. The van der Waals surface area contributed by atoms with Gasteiger partial charge in [-0.2, -0.15) is 5.10 Å². The molecule has 3 rings (SSSR count). The number of anilines is 1. The van der Waals surface area contributed by atoms with Gasteiger partial charge in [0.15, 0.2) is 18.2 Å².